The number of hydrogen-bond acceptors (Lipinski definition) is 3. The largest absolute Gasteiger partial charge is 0.287 e. The number of halogens is 1. The van der Waals surface area contributed by atoms with E-state index >= 15 is 0 Å². The molecule has 0 bridgehead atoms. The van der Waals surface area contributed by atoms with Crippen LogP contribution in [0.2, 0.25) is 0 Å². The summed E-state index contributed by atoms with van der Waals surface area (Å²) in [5.74, 6) is -0.149. The molecule has 0 saturated heterocycles. The summed E-state index contributed by atoms with van der Waals surface area (Å²) in [4.78, 5) is 22.6. The minimum atomic E-state index is -0.473. The minimum absolute atomic E-state index is 0.0359. The van der Waals surface area contributed by atoms with Crippen molar-refractivity contribution in [2.24, 2.45) is 0 Å². The van der Waals surface area contributed by atoms with Crippen LogP contribution in [0.4, 0.5) is 5.69 Å². The molecule has 0 aliphatic carbocycles. The number of nitro benzene ring substituents is 1. The molecule has 0 spiro atoms. The topological polar surface area (TPSA) is 64.1 Å². The predicted octanol–water partition coefficient (Wildman–Crippen LogP) is 2.68. The Balaban J connectivity index is 2.28. The molecule has 0 amide bonds. The molecule has 1 aromatic carbocycles. The standard InChI is InChI=1S/C14H12IN2O3/c1-10-4-2-3-7-16(10)9-14(18)11-5-6-12(15)13(8-11)17(19)20/h2-8H,9H2,1H3/q+1. The van der Waals surface area contributed by atoms with Gasteiger partial charge in [0, 0.05) is 30.7 Å². The highest BCUT2D eigenvalue weighted by Crippen LogP contribution is 2.22. The molecule has 0 aliphatic rings. The van der Waals surface area contributed by atoms with Gasteiger partial charge in [0.1, 0.15) is 0 Å². The normalized spacial score (nSPS) is 10.3. The third-order valence-electron chi connectivity index (χ3n) is 2.95. The molecule has 0 fully saturated rings. The average Bonchev–Trinajstić information content (AvgIpc) is 2.41. The average molecular weight is 383 g/mol. The zero-order valence-electron chi connectivity index (χ0n) is 10.7. The quantitative estimate of drug-likeness (QED) is 0.268. The van der Waals surface area contributed by atoms with Crippen molar-refractivity contribution in [1.29, 1.82) is 0 Å². The number of nitro groups is 1. The van der Waals surface area contributed by atoms with Gasteiger partial charge < -0.3 is 0 Å². The summed E-state index contributed by atoms with van der Waals surface area (Å²) in [6.45, 7) is 2.08. The number of hydrogen-bond donors (Lipinski definition) is 0. The van der Waals surface area contributed by atoms with Gasteiger partial charge in [0.25, 0.3) is 5.69 Å². The van der Waals surface area contributed by atoms with E-state index in [0.717, 1.165) is 5.69 Å². The fraction of sp³-hybridized carbons (Fsp3) is 0.143. The van der Waals surface area contributed by atoms with Crippen LogP contribution in [0.25, 0.3) is 0 Å². The van der Waals surface area contributed by atoms with Gasteiger partial charge in [0.15, 0.2) is 11.9 Å². The van der Waals surface area contributed by atoms with E-state index in [4.69, 9.17) is 0 Å². The maximum Gasteiger partial charge on any atom is 0.283 e. The number of pyridine rings is 1. The van der Waals surface area contributed by atoms with Gasteiger partial charge >= 0.3 is 0 Å². The number of nitrogens with zero attached hydrogens (tertiary/aromatic N) is 2. The third kappa shape index (κ3) is 3.19. The number of Topliss-reactive ketones (excluding diaryl/α,β-unsaturated/α-hetero) is 1. The van der Waals surface area contributed by atoms with Gasteiger partial charge in [0.05, 0.1) is 8.49 Å². The number of carbonyl (C=O) groups excluding carboxylic acids is 1. The van der Waals surface area contributed by atoms with Crippen LogP contribution >= 0.6 is 22.6 Å². The number of aryl methyl sites for hydroxylation is 1. The molecular formula is C14H12IN2O3+. The zero-order chi connectivity index (χ0) is 14.7. The van der Waals surface area contributed by atoms with Gasteiger partial charge in [0.2, 0.25) is 12.3 Å². The van der Waals surface area contributed by atoms with Gasteiger partial charge in [-0.3, -0.25) is 14.9 Å². The van der Waals surface area contributed by atoms with Crippen LogP contribution in [-0.2, 0) is 6.54 Å². The van der Waals surface area contributed by atoms with Crippen LogP contribution < -0.4 is 4.57 Å². The Hall–Kier alpha value is -1.83. The monoisotopic (exact) mass is 383 g/mol. The van der Waals surface area contributed by atoms with Crippen LogP contribution in [0.15, 0.2) is 42.6 Å². The molecule has 0 N–H and O–H groups in total. The molecule has 20 heavy (non-hydrogen) atoms. The van der Waals surface area contributed by atoms with E-state index in [1.54, 1.807) is 12.1 Å². The van der Waals surface area contributed by atoms with Gasteiger partial charge in [-0.15, -0.1) is 0 Å². The first-order chi connectivity index (χ1) is 9.49. The second kappa shape index (κ2) is 6.08. The maximum atomic E-state index is 12.2. The molecule has 0 saturated carbocycles. The van der Waals surface area contributed by atoms with Crippen molar-refractivity contribution in [1.82, 2.24) is 0 Å². The zero-order valence-corrected chi connectivity index (χ0v) is 12.9. The summed E-state index contributed by atoms with van der Waals surface area (Å²) in [6.07, 6.45) is 1.81. The van der Waals surface area contributed by atoms with Crippen LogP contribution in [0, 0.1) is 20.6 Å². The van der Waals surface area contributed by atoms with Crippen LogP contribution in [0.1, 0.15) is 16.1 Å². The second-order valence-corrected chi connectivity index (χ2v) is 5.48. The minimum Gasteiger partial charge on any atom is -0.287 e. The fourth-order valence-electron chi connectivity index (χ4n) is 1.81. The van der Waals surface area contributed by atoms with Gasteiger partial charge in [-0.2, -0.15) is 4.57 Å². The van der Waals surface area contributed by atoms with E-state index in [1.807, 2.05) is 58.5 Å². The smallest absolute Gasteiger partial charge is 0.283 e. The molecular weight excluding hydrogens is 371 g/mol. The van der Waals surface area contributed by atoms with Crippen molar-refractivity contribution in [2.75, 3.05) is 0 Å². The lowest BCUT2D eigenvalue weighted by molar-refractivity contribution is -0.689. The number of aromatic nitrogens is 1. The Morgan fingerprint density at radius 2 is 2.10 bits per heavy atom. The lowest BCUT2D eigenvalue weighted by Gasteiger charge is -2.02. The molecule has 2 aromatic rings. The van der Waals surface area contributed by atoms with Crippen LogP contribution in [-0.4, -0.2) is 10.7 Å². The number of ketones is 1. The SMILES string of the molecule is Cc1cccc[n+]1CC(=O)c1ccc(I)c([N+](=O)[O-])c1. The summed E-state index contributed by atoms with van der Waals surface area (Å²) >= 11 is 1.89. The number of benzene rings is 1. The summed E-state index contributed by atoms with van der Waals surface area (Å²) < 4.78 is 2.33. The third-order valence-corrected chi connectivity index (χ3v) is 3.86. The molecule has 1 heterocycles. The van der Waals surface area contributed by atoms with E-state index < -0.39 is 4.92 Å². The molecule has 2 rings (SSSR count). The van der Waals surface area contributed by atoms with E-state index in [-0.39, 0.29) is 18.0 Å². The molecule has 0 atom stereocenters. The Labute approximate surface area is 129 Å². The van der Waals surface area contributed by atoms with E-state index in [9.17, 15) is 14.9 Å². The molecule has 0 aliphatic heterocycles. The van der Waals surface area contributed by atoms with Crippen LogP contribution in [0.3, 0.4) is 0 Å². The Morgan fingerprint density at radius 3 is 2.75 bits per heavy atom. The summed E-state index contributed by atoms with van der Waals surface area (Å²) in [6, 6.07) is 10.2. The highest BCUT2D eigenvalue weighted by Gasteiger charge is 2.19. The first kappa shape index (κ1) is 14.6. The molecule has 5 nitrogen and oxygen atoms in total. The number of rotatable bonds is 4. The fourth-order valence-corrected chi connectivity index (χ4v) is 2.34. The van der Waals surface area contributed by atoms with E-state index in [2.05, 4.69) is 0 Å². The van der Waals surface area contributed by atoms with Crippen molar-refractivity contribution in [3.63, 3.8) is 0 Å². The maximum absolute atomic E-state index is 12.2. The summed E-state index contributed by atoms with van der Waals surface area (Å²) in [5, 5.41) is 10.9. The van der Waals surface area contributed by atoms with Crippen molar-refractivity contribution in [2.45, 2.75) is 13.5 Å². The number of carbonyl (C=O) groups is 1. The Morgan fingerprint density at radius 1 is 1.35 bits per heavy atom. The van der Waals surface area contributed by atoms with Gasteiger partial charge in [-0.1, -0.05) is 6.07 Å². The lowest BCUT2D eigenvalue weighted by atomic mass is 10.1. The van der Waals surface area contributed by atoms with Gasteiger partial charge in [-0.05, 0) is 34.7 Å². The Kier molecular flexibility index (Phi) is 4.43. The second-order valence-electron chi connectivity index (χ2n) is 4.32. The van der Waals surface area contributed by atoms with Crippen molar-refractivity contribution in [3.8, 4) is 0 Å². The highest BCUT2D eigenvalue weighted by atomic mass is 127. The van der Waals surface area contributed by atoms with E-state index in [0.29, 0.717) is 9.13 Å². The van der Waals surface area contributed by atoms with Crippen LogP contribution in [0.5, 0.6) is 0 Å². The predicted molar refractivity (Wildman–Crippen MR) is 81.5 cm³/mol. The van der Waals surface area contributed by atoms with Crippen molar-refractivity contribution < 1.29 is 14.3 Å². The molecule has 102 valence electrons. The molecule has 1 aromatic heterocycles. The van der Waals surface area contributed by atoms with Gasteiger partial charge in [-0.25, -0.2) is 0 Å². The molecule has 6 heteroatoms. The van der Waals surface area contributed by atoms with Crippen molar-refractivity contribution in [3.05, 3.63) is 67.5 Å². The first-order valence-corrected chi connectivity index (χ1v) is 6.99. The highest BCUT2D eigenvalue weighted by molar-refractivity contribution is 14.1. The lowest BCUT2D eigenvalue weighted by Crippen LogP contribution is -2.40. The van der Waals surface area contributed by atoms with Crippen molar-refractivity contribution >= 4 is 34.1 Å². The first-order valence-electron chi connectivity index (χ1n) is 5.91. The summed E-state index contributed by atoms with van der Waals surface area (Å²) in [7, 11) is 0. The molecule has 0 unspecified atom stereocenters. The molecule has 0 radical (unpaired) electrons. The Bertz CT molecular complexity index is 686. The van der Waals surface area contributed by atoms with E-state index in [1.165, 1.54) is 6.07 Å². The summed E-state index contributed by atoms with van der Waals surface area (Å²) in [5.41, 5.74) is 1.28.